The van der Waals surface area contributed by atoms with E-state index in [4.69, 9.17) is 9.73 Å². The van der Waals surface area contributed by atoms with Crippen LogP contribution in [0.25, 0.3) is 0 Å². The molecule has 0 spiro atoms. The summed E-state index contributed by atoms with van der Waals surface area (Å²) in [4.78, 5) is 16.6. The average molecular weight is 382 g/mol. The van der Waals surface area contributed by atoms with E-state index in [0.29, 0.717) is 0 Å². The third-order valence-electron chi connectivity index (χ3n) is 4.74. The van der Waals surface area contributed by atoms with Gasteiger partial charge in [-0.1, -0.05) is 6.92 Å². The van der Waals surface area contributed by atoms with Crippen molar-refractivity contribution in [1.29, 1.82) is 0 Å². The number of hydrogen-bond donors (Lipinski definition) is 1. The Labute approximate surface area is 160 Å². The summed E-state index contributed by atoms with van der Waals surface area (Å²) in [7, 11) is 0. The van der Waals surface area contributed by atoms with Crippen LogP contribution in [0.15, 0.2) is 4.99 Å². The molecule has 0 atom stereocenters. The molecule has 1 aromatic heterocycles. The van der Waals surface area contributed by atoms with Crippen molar-refractivity contribution in [1.82, 2.24) is 24.5 Å². The third-order valence-corrected chi connectivity index (χ3v) is 5.55. The summed E-state index contributed by atoms with van der Waals surface area (Å²) in [5.74, 6) is 1.98. The van der Waals surface area contributed by atoms with Gasteiger partial charge in [-0.3, -0.25) is 9.89 Å². The number of piperazine rings is 1. The fourth-order valence-corrected chi connectivity index (χ4v) is 3.98. The predicted octanol–water partition coefficient (Wildman–Crippen LogP) is 0.520. The Bertz CT molecular complexity index is 565. The fraction of sp³-hybridized carbons (Fsp3) is 0.824. The highest BCUT2D eigenvalue weighted by Gasteiger charge is 2.22. The Morgan fingerprint density at radius 1 is 1.15 bits per heavy atom. The largest absolute Gasteiger partial charge is 0.379 e. The molecule has 2 aliphatic rings. The molecular formula is C17H31N7OS. The van der Waals surface area contributed by atoms with E-state index in [2.05, 4.69) is 43.2 Å². The van der Waals surface area contributed by atoms with Crippen LogP contribution in [0.1, 0.15) is 19.7 Å². The zero-order chi connectivity index (χ0) is 18.2. The molecule has 26 heavy (non-hydrogen) atoms. The van der Waals surface area contributed by atoms with Crippen molar-refractivity contribution in [2.75, 3.05) is 77.0 Å². The van der Waals surface area contributed by atoms with Gasteiger partial charge in [-0.05, 0) is 6.92 Å². The van der Waals surface area contributed by atoms with Gasteiger partial charge in [-0.2, -0.15) is 4.37 Å². The summed E-state index contributed by atoms with van der Waals surface area (Å²) in [6.45, 7) is 14.5. The van der Waals surface area contributed by atoms with Crippen LogP contribution in [-0.2, 0) is 11.2 Å². The van der Waals surface area contributed by atoms with Gasteiger partial charge in [-0.25, -0.2) is 4.98 Å². The quantitative estimate of drug-likeness (QED) is 0.569. The molecule has 0 unspecified atom stereocenters. The van der Waals surface area contributed by atoms with Gasteiger partial charge in [0.25, 0.3) is 0 Å². The minimum atomic E-state index is 0.832. The molecular weight excluding hydrogens is 350 g/mol. The molecule has 0 amide bonds. The van der Waals surface area contributed by atoms with E-state index in [1.165, 1.54) is 11.5 Å². The summed E-state index contributed by atoms with van der Waals surface area (Å²) in [6.07, 6.45) is 0.900. The van der Waals surface area contributed by atoms with Crippen LogP contribution < -0.4 is 10.2 Å². The number of aromatic nitrogens is 2. The van der Waals surface area contributed by atoms with E-state index in [1.807, 2.05) is 0 Å². The van der Waals surface area contributed by atoms with Crippen molar-refractivity contribution in [2.24, 2.45) is 4.99 Å². The van der Waals surface area contributed by atoms with Crippen LogP contribution in [0.5, 0.6) is 0 Å². The van der Waals surface area contributed by atoms with Crippen molar-refractivity contribution in [3.05, 3.63) is 5.82 Å². The monoisotopic (exact) mass is 381 g/mol. The molecule has 8 nitrogen and oxygen atoms in total. The first-order valence-electron chi connectivity index (χ1n) is 9.71. The minimum Gasteiger partial charge on any atom is -0.379 e. The highest BCUT2D eigenvalue weighted by molar-refractivity contribution is 7.09. The average Bonchev–Trinajstić information content (AvgIpc) is 3.18. The highest BCUT2D eigenvalue weighted by Crippen LogP contribution is 2.19. The molecule has 0 aromatic carbocycles. The standard InChI is InChI=1S/C17H31N7OS/c1-3-15-20-17(26-21-15)24-9-7-23(8-10-24)16(18-4-2)19-5-6-22-11-13-25-14-12-22/h3-14H2,1-2H3,(H,18,19). The smallest absolute Gasteiger partial charge is 0.205 e. The Hall–Kier alpha value is -1.45. The molecule has 0 aliphatic carbocycles. The van der Waals surface area contributed by atoms with E-state index >= 15 is 0 Å². The van der Waals surface area contributed by atoms with Crippen LogP contribution in [0.4, 0.5) is 5.13 Å². The lowest BCUT2D eigenvalue weighted by Gasteiger charge is -2.36. The Morgan fingerprint density at radius 2 is 1.92 bits per heavy atom. The molecule has 0 bridgehead atoms. The van der Waals surface area contributed by atoms with Crippen molar-refractivity contribution in [2.45, 2.75) is 20.3 Å². The summed E-state index contributed by atoms with van der Waals surface area (Å²) in [5.41, 5.74) is 0. The van der Waals surface area contributed by atoms with Crippen LogP contribution >= 0.6 is 11.5 Å². The van der Waals surface area contributed by atoms with Crippen molar-refractivity contribution < 1.29 is 4.74 Å². The van der Waals surface area contributed by atoms with Crippen molar-refractivity contribution >= 4 is 22.6 Å². The summed E-state index contributed by atoms with van der Waals surface area (Å²) in [6, 6.07) is 0. The number of nitrogens with one attached hydrogen (secondary N) is 1. The van der Waals surface area contributed by atoms with E-state index < -0.39 is 0 Å². The van der Waals surface area contributed by atoms with E-state index in [-0.39, 0.29) is 0 Å². The normalized spacial score (nSPS) is 19.8. The van der Waals surface area contributed by atoms with E-state index in [0.717, 1.165) is 95.5 Å². The number of guanidine groups is 1. The molecule has 9 heteroatoms. The lowest BCUT2D eigenvalue weighted by Crippen LogP contribution is -2.52. The number of aryl methyl sites for hydroxylation is 1. The minimum absolute atomic E-state index is 0.832. The van der Waals surface area contributed by atoms with E-state index in [9.17, 15) is 0 Å². The summed E-state index contributed by atoms with van der Waals surface area (Å²) >= 11 is 1.51. The Kier molecular flexibility index (Phi) is 7.45. The van der Waals surface area contributed by atoms with Crippen LogP contribution in [0.3, 0.4) is 0 Å². The number of nitrogens with zero attached hydrogens (tertiary/aromatic N) is 6. The first-order valence-corrected chi connectivity index (χ1v) is 10.5. The maximum absolute atomic E-state index is 5.40. The maximum Gasteiger partial charge on any atom is 0.205 e. The molecule has 146 valence electrons. The first-order chi connectivity index (χ1) is 12.8. The molecule has 2 fully saturated rings. The Morgan fingerprint density at radius 3 is 2.58 bits per heavy atom. The summed E-state index contributed by atoms with van der Waals surface area (Å²) in [5, 5.41) is 4.50. The zero-order valence-electron chi connectivity index (χ0n) is 16.0. The number of rotatable bonds is 6. The second-order valence-corrected chi connectivity index (χ2v) is 7.24. The van der Waals surface area contributed by atoms with Gasteiger partial charge in [0.05, 0.1) is 19.8 Å². The van der Waals surface area contributed by atoms with Crippen LogP contribution in [0, 0.1) is 0 Å². The van der Waals surface area contributed by atoms with E-state index in [1.54, 1.807) is 0 Å². The summed E-state index contributed by atoms with van der Waals surface area (Å²) < 4.78 is 9.81. The zero-order valence-corrected chi connectivity index (χ0v) is 16.8. The molecule has 1 aromatic rings. The molecule has 0 saturated carbocycles. The van der Waals surface area contributed by atoms with Gasteiger partial charge in [0, 0.05) is 70.3 Å². The van der Waals surface area contributed by atoms with Gasteiger partial charge < -0.3 is 19.9 Å². The second-order valence-electron chi connectivity index (χ2n) is 6.51. The van der Waals surface area contributed by atoms with Crippen LogP contribution in [-0.4, -0.2) is 97.2 Å². The Balaban J connectivity index is 1.49. The first kappa shape index (κ1) is 19.3. The topological polar surface area (TPSA) is 69.1 Å². The predicted molar refractivity (Wildman–Crippen MR) is 106 cm³/mol. The lowest BCUT2D eigenvalue weighted by atomic mass is 10.3. The molecule has 3 heterocycles. The second kappa shape index (κ2) is 10.0. The third kappa shape index (κ3) is 5.28. The highest BCUT2D eigenvalue weighted by atomic mass is 32.1. The number of morpholine rings is 1. The van der Waals surface area contributed by atoms with Gasteiger partial charge in [0.15, 0.2) is 5.96 Å². The van der Waals surface area contributed by atoms with Gasteiger partial charge in [0.1, 0.15) is 5.82 Å². The maximum atomic E-state index is 5.40. The number of hydrogen-bond acceptors (Lipinski definition) is 7. The van der Waals surface area contributed by atoms with Gasteiger partial charge in [0.2, 0.25) is 5.13 Å². The lowest BCUT2D eigenvalue weighted by molar-refractivity contribution is 0.0394. The van der Waals surface area contributed by atoms with Gasteiger partial charge in [-0.15, -0.1) is 0 Å². The van der Waals surface area contributed by atoms with Gasteiger partial charge >= 0.3 is 0 Å². The number of anilines is 1. The fourth-order valence-electron chi connectivity index (χ4n) is 3.17. The van der Waals surface area contributed by atoms with Crippen molar-refractivity contribution in [3.63, 3.8) is 0 Å². The molecule has 3 rings (SSSR count). The SMILES string of the molecule is CCNC(=NCCN1CCOCC1)N1CCN(c2nc(CC)ns2)CC1. The van der Waals surface area contributed by atoms with Crippen molar-refractivity contribution in [3.8, 4) is 0 Å². The molecule has 1 N–H and O–H groups in total. The molecule has 2 saturated heterocycles. The number of aliphatic imine (C=N–C) groups is 1. The number of ether oxygens (including phenoxy) is 1. The van der Waals surface area contributed by atoms with Crippen LogP contribution in [0.2, 0.25) is 0 Å². The molecule has 2 aliphatic heterocycles. The molecule has 0 radical (unpaired) electrons.